The van der Waals surface area contributed by atoms with Gasteiger partial charge in [-0.1, -0.05) is 0 Å². The first-order valence-corrected chi connectivity index (χ1v) is 9.27. The van der Waals surface area contributed by atoms with Crippen LogP contribution in [0, 0.1) is 6.92 Å². The molecule has 0 unspecified atom stereocenters. The SMILES string of the molecule is Cc1ccn2cc(C(=O)N3CCCN(C[C@H]4CCCO4)CC3)nc2c1. The molecule has 0 spiro atoms. The van der Waals surface area contributed by atoms with Crippen molar-refractivity contribution in [2.75, 3.05) is 39.3 Å². The number of ether oxygens (including phenoxy) is 1. The molecule has 1 amide bonds. The van der Waals surface area contributed by atoms with Crippen molar-refractivity contribution in [1.29, 1.82) is 0 Å². The molecule has 25 heavy (non-hydrogen) atoms. The van der Waals surface area contributed by atoms with Crippen LogP contribution >= 0.6 is 0 Å². The molecule has 0 bridgehead atoms. The molecule has 2 aliphatic heterocycles. The first-order chi connectivity index (χ1) is 12.2. The van der Waals surface area contributed by atoms with E-state index >= 15 is 0 Å². The molecule has 4 heterocycles. The van der Waals surface area contributed by atoms with Crippen molar-refractivity contribution in [3.63, 3.8) is 0 Å². The van der Waals surface area contributed by atoms with E-state index in [4.69, 9.17) is 4.74 Å². The molecule has 4 rings (SSSR count). The smallest absolute Gasteiger partial charge is 0.274 e. The predicted molar refractivity (Wildman–Crippen MR) is 95.9 cm³/mol. The maximum absolute atomic E-state index is 12.9. The van der Waals surface area contributed by atoms with Gasteiger partial charge >= 0.3 is 0 Å². The molecular weight excluding hydrogens is 316 g/mol. The molecule has 0 N–H and O–H groups in total. The maximum Gasteiger partial charge on any atom is 0.274 e. The van der Waals surface area contributed by atoms with Gasteiger partial charge in [0, 0.05) is 45.2 Å². The van der Waals surface area contributed by atoms with Crippen LogP contribution in [0.2, 0.25) is 0 Å². The Bertz CT molecular complexity index is 751. The van der Waals surface area contributed by atoms with Crippen molar-refractivity contribution in [3.05, 3.63) is 35.8 Å². The number of amides is 1. The number of hydrogen-bond donors (Lipinski definition) is 0. The lowest BCUT2D eigenvalue weighted by Crippen LogP contribution is -2.37. The van der Waals surface area contributed by atoms with Crippen LogP contribution in [0.25, 0.3) is 5.65 Å². The summed E-state index contributed by atoms with van der Waals surface area (Å²) in [5.74, 6) is 0.0420. The van der Waals surface area contributed by atoms with Crippen molar-refractivity contribution in [2.24, 2.45) is 0 Å². The van der Waals surface area contributed by atoms with E-state index in [1.54, 1.807) is 0 Å². The summed E-state index contributed by atoms with van der Waals surface area (Å²) in [7, 11) is 0. The third-order valence-electron chi connectivity index (χ3n) is 5.20. The van der Waals surface area contributed by atoms with Crippen LogP contribution in [0.1, 0.15) is 35.3 Å². The van der Waals surface area contributed by atoms with Crippen molar-refractivity contribution in [2.45, 2.75) is 32.3 Å². The Labute approximate surface area is 148 Å². The normalized spacial score (nSPS) is 22.4. The molecule has 2 aromatic heterocycles. The van der Waals surface area contributed by atoms with Crippen LogP contribution in [-0.4, -0.2) is 70.5 Å². The fourth-order valence-electron chi connectivity index (χ4n) is 3.78. The molecule has 6 nitrogen and oxygen atoms in total. The topological polar surface area (TPSA) is 50.1 Å². The Balaban J connectivity index is 1.41. The van der Waals surface area contributed by atoms with Gasteiger partial charge in [-0.2, -0.15) is 0 Å². The third kappa shape index (κ3) is 3.70. The summed E-state index contributed by atoms with van der Waals surface area (Å²) < 4.78 is 7.67. The van der Waals surface area contributed by atoms with Gasteiger partial charge in [0.15, 0.2) is 0 Å². The second kappa shape index (κ2) is 7.14. The summed E-state index contributed by atoms with van der Waals surface area (Å²) in [6.45, 7) is 7.44. The standard InChI is InChI=1S/C19H26N4O2/c1-15-5-8-23-14-17(20-18(23)12-15)19(24)22-7-3-6-21(9-10-22)13-16-4-2-11-25-16/h5,8,12,14,16H,2-4,6-7,9-11,13H2,1H3/t16-/m1/s1. The number of pyridine rings is 1. The molecule has 0 aliphatic carbocycles. The van der Waals surface area contributed by atoms with Gasteiger partial charge in [-0.3, -0.25) is 9.69 Å². The van der Waals surface area contributed by atoms with E-state index in [0.717, 1.165) is 57.0 Å². The minimum absolute atomic E-state index is 0.0420. The van der Waals surface area contributed by atoms with Crippen LogP contribution in [-0.2, 0) is 4.74 Å². The van der Waals surface area contributed by atoms with E-state index in [1.807, 2.05) is 40.8 Å². The molecular formula is C19H26N4O2. The van der Waals surface area contributed by atoms with Gasteiger partial charge in [-0.25, -0.2) is 4.98 Å². The number of carbonyl (C=O) groups is 1. The number of aryl methyl sites for hydroxylation is 1. The molecule has 2 aromatic rings. The van der Waals surface area contributed by atoms with Crippen LogP contribution in [0.15, 0.2) is 24.5 Å². The lowest BCUT2D eigenvalue weighted by atomic mass is 10.2. The van der Waals surface area contributed by atoms with Gasteiger partial charge < -0.3 is 14.0 Å². The Kier molecular flexibility index (Phi) is 4.72. The van der Waals surface area contributed by atoms with Gasteiger partial charge in [-0.05, 0) is 50.4 Å². The summed E-state index contributed by atoms with van der Waals surface area (Å²) in [6, 6.07) is 4.03. The fraction of sp³-hybridized carbons (Fsp3) is 0.579. The van der Waals surface area contributed by atoms with E-state index in [-0.39, 0.29) is 5.91 Å². The minimum Gasteiger partial charge on any atom is -0.377 e. The average molecular weight is 342 g/mol. The van der Waals surface area contributed by atoms with Crippen LogP contribution in [0.5, 0.6) is 0 Å². The monoisotopic (exact) mass is 342 g/mol. The van der Waals surface area contributed by atoms with Crippen LogP contribution in [0.4, 0.5) is 0 Å². The molecule has 0 saturated carbocycles. The quantitative estimate of drug-likeness (QED) is 0.856. The van der Waals surface area contributed by atoms with E-state index < -0.39 is 0 Å². The molecule has 6 heteroatoms. The highest BCUT2D eigenvalue weighted by atomic mass is 16.5. The summed E-state index contributed by atoms with van der Waals surface area (Å²) in [5.41, 5.74) is 2.52. The van der Waals surface area contributed by atoms with Gasteiger partial charge in [0.25, 0.3) is 5.91 Å². The zero-order valence-corrected chi connectivity index (χ0v) is 14.9. The lowest BCUT2D eigenvalue weighted by Gasteiger charge is -2.23. The average Bonchev–Trinajstić information content (AvgIpc) is 3.19. The van der Waals surface area contributed by atoms with Crippen molar-refractivity contribution >= 4 is 11.6 Å². The first kappa shape index (κ1) is 16.5. The maximum atomic E-state index is 12.9. The first-order valence-electron chi connectivity index (χ1n) is 9.27. The predicted octanol–water partition coefficient (Wildman–Crippen LogP) is 1.97. The Morgan fingerprint density at radius 1 is 1.28 bits per heavy atom. The lowest BCUT2D eigenvalue weighted by molar-refractivity contribution is 0.0701. The summed E-state index contributed by atoms with van der Waals surface area (Å²) >= 11 is 0. The van der Waals surface area contributed by atoms with Crippen LogP contribution in [0.3, 0.4) is 0 Å². The summed E-state index contributed by atoms with van der Waals surface area (Å²) in [5, 5.41) is 0. The number of fused-ring (bicyclic) bond motifs is 1. The molecule has 2 saturated heterocycles. The van der Waals surface area contributed by atoms with Crippen LogP contribution < -0.4 is 0 Å². The number of hydrogen-bond acceptors (Lipinski definition) is 4. The van der Waals surface area contributed by atoms with E-state index in [9.17, 15) is 4.79 Å². The van der Waals surface area contributed by atoms with Gasteiger partial charge in [0.05, 0.1) is 6.10 Å². The Morgan fingerprint density at radius 3 is 3.04 bits per heavy atom. The summed E-state index contributed by atoms with van der Waals surface area (Å²) in [6.07, 6.45) is 7.53. The molecule has 2 fully saturated rings. The largest absolute Gasteiger partial charge is 0.377 e. The van der Waals surface area contributed by atoms with Crippen molar-refractivity contribution in [1.82, 2.24) is 19.2 Å². The second-order valence-electron chi connectivity index (χ2n) is 7.18. The highest BCUT2D eigenvalue weighted by Crippen LogP contribution is 2.16. The molecule has 0 aromatic carbocycles. The number of nitrogens with zero attached hydrogens (tertiary/aromatic N) is 4. The van der Waals surface area contributed by atoms with E-state index in [2.05, 4.69) is 9.88 Å². The fourth-order valence-corrected chi connectivity index (χ4v) is 3.78. The Hall–Kier alpha value is -1.92. The molecule has 0 radical (unpaired) electrons. The molecule has 2 aliphatic rings. The third-order valence-corrected chi connectivity index (χ3v) is 5.20. The molecule has 1 atom stereocenters. The zero-order valence-electron chi connectivity index (χ0n) is 14.9. The Morgan fingerprint density at radius 2 is 2.20 bits per heavy atom. The minimum atomic E-state index is 0.0420. The number of aromatic nitrogens is 2. The molecule has 134 valence electrons. The highest BCUT2D eigenvalue weighted by molar-refractivity contribution is 5.93. The summed E-state index contributed by atoms with van der Waals surface area (Å²) in [4.78, 5) is 21.8. The second-order valence-corrected chi connectivity index (χ2v) is 7.18. The van der Waals surface area contributed by atoms with Gasteiger partial charge in [-0.15, -0.1) is 0 Å². The number of imidazole rings is 1. The van der Waals surface area contributed by atoms with Gasteiger partial charge in [0.2, 0.25) is 0 Å². The highest BCUT2D eigenvalue weighted by Gasteiger charge is 2.24. The van der Waals surface area contributed by atoms with Crippen molar-refractivity contribution in [3.8, 4) is 0 Å². The van der Waals surface area contributed by atoms with Crippen molar-refractivity contribution < 1.29 is 9.53 Å². The van der Waals surface area contributed by atoms with E-state index in [1.165, 1.54) is 12.8 Å². The number of rotatable bonds is 3. The van der Waals surface area contributed by atoms with E-state index in [0.29, 0.717) is 11.8 Å². The zero-order chi connectivity index (χ0) is 17.2. The number of carbonyl (C=O) groups excluding carboxylic acids is 1. The van der Waals surface area contributed by atoms with Gasteiger partial charge in [0.1, 0.15) is 11.3 Å².